The number of sulfonamides is 1. The summed E-state index contributed by atoms with van der Waals surface area (Å²) >= 11 is 1.65. The zero-order valence-corrected chi connectivity index (χ0v) is 12.7. The summed E-state index contributed by atoms with van der Waals surface area (Å²) in [7, 11) is -3.81. The first-order valence-corrected chi connectivity index (χ1v) is 8.54. The van der Waals surface area contributed by atoms with Crippen molar-refractivity contribution >= 4 is 32.7 Å². The highest BCUT2D eigenvalue weighted by Crippen LogP contribution is 2.30. The Hall–Kier alpha value is -1.57. The van der Waals surface area contributed by atoms with E-state index in [1.165, 1.54) is 10.9 Å². The lowest BCUT2D eigenvalue weighted by Crippen LogP contribution is -2.24. The third-order valence-corrected chi connectivity index (χ3v) is 4.83. The maximum absolute atomic E-state index is 11.5. The zero-order valence-electron chi connectivity index (χ0n) is 11.1. The number of benzene rings is 1. The van der Waals surface area contributed by atoms with Crippen molar-refractivity contribution in [2.75, 3.05) is 17.2 Å². The van der Waals surface area contributed by atoms with Crippen LogP contribution in [0.25, 0.3) is 0 Å². The van der Waals surface area contributed by atoms with Crippen LogP contribution < -0.4 is 15.8 Å². The van der Waals surface area contributed by atoms with E-state index in [2.05, 4.69) is 0 Å². The van der Waals surface area contributed by atoms with Crippen LogP contribution in [0.5, 0.6) is 0 Å². The Bertz CT molecular complexity index is 682. The summed E-state index contributed by atoms with van der Waals surface area (Å²) in [4.78, 5) is 3.18. The maximum atomic E-state index is 11.5. The fourth-order valence-corrected chi connectivity index (χ4v) is 3.41. The van der Waals surface area contributed by atoms with Crippen LogP contribution in [0.15, 0.2) is 40.6 Å². The van der Waals surface area contributed by atoms with Gasteiger partial charge in [0.15, 0.2) is 0 Å². The average Bonchev–Trinajstić information content (AvgIpc) is 2.88. The molecule has 0 aliphatic rings. The molecule has 1 aromatic heterocycles. The molecule has 7 heteroatoms. The van der Waals surface area contributed by atoms with E-state index in [1.807, 2.05) is 29.3 Å². The Morgan fingerprint density at radius 1 is 1.25 bits per heavy atom. The first-order valence-electron chi connectivity index (χ1n) is 6.12. The van der Waals surface area contributed by atoms with Gasteiger partial charge in [-0.15, -0.1) is 11.3 Å². The minimum atomic E-state index is -3.81. The van der Waals surface area contributed by atoms with Gasteiger partial charge in [-0.3, -0.25) is 0 Å². The van der Waals surface area contributed by atoms with Crippen molar-refractivity contribution in [2.45, 2.75) is 18.4 Å². The first kappa shape index (κ1) is 14.8. The number of hydrogen-bond donors (Lipinski definition) is 2. The fourth-order valence-electron chi connectivity index (χ4n) is 2.01. The molecule has 0 saturated heterocycles. The van der Waals surface area contributed by atoms with Crippen LogP contribution in [0.1, 0.15) is 11.8 Å². The number of thiophene rings is 1. The van der Waals surface area contributed by atoms with Gasteiger partial charge in [-0.1, -0.05) is 12.1 Å². The third kappa shape index (κ3) is 3.12. The van der Waals surface area contributed by atoms with Gasteiger partial charge in [-0.2, -0.15) is 0 Å². The van der Waals surface area contributed by atoms with Crippen LogP contribution in [-0.4, -0.2) is 15.0 Å². The molecule has 0 atom stereocenters. The third-order valence-electron chi connectivity index (χ3n) is 3.00. The molecule has 0 bridgehead atoms. The molecule has 0 aliphatic carbocycles. The summed E-state index contributed by atoms with van der Waals surface area (Å²) in [6.45, 7) is 3.40. The Labute approximate surface area is 122 Å². The molecule has 2 aromatic rings. The van der Waals surface area contributed by atoms with Crippen LogP contribution in [-0.2, 0) is 16.6 Å². The molecule has 0 amide bonds. The maximum Gasteiger partial charge on any atom is 0.240 e. The molecule has 0 saturated carbocycles. The molecule has 4 N–H and O–H groups in total. The lowest BCUT2D eigenvalue weighted by atomic mass is 10.2. The van der Waals surface area contributed by atoms with Gasteiger partial charge < -0.3 is 10.6 Å². The molecule has 0 fully saturated rings. The van der Waals surface area contributed by atoms with E-state index in [0.29, 0.717) is 12.2 Å². The van der Waals surface area contributed by atoms with E-state index in [1.54, 1.807) is 23.5 Å². The Balaban J connectivity index is 2.40. The number of nitrogens with zero attached hydrogens (tertiary/aromatic N) is 1. The highest BCUT2D eigenvalue weighted by molar-refractivity contribution is 7.89. The normalized spacial score (nSPS) is 11.5. The van der Waals surface area contributed by atoms with Gasteiger partial charge in [-0.25, -0.2) is 13.6 Å². The monoisotopic (exact) mass is 311 g/mol. The molecule has 2 rings (SSSR count). The highest BCUT2D eigenvalue weighted by Gasteiger charge is 2.17. The van der Waals surface area contributed by atoms with Crippen LogP contribution >= 0.6 is 11.3 Å². The average molecular weight is 311 g/mol. The summed E-state index contributed by atoms with van der Waals surface area (Å²) in [5, 5.41) is 7.19. The molecule has 0 unspecified atom stereocenters. The van der Waals surface area contributed by atoms with Gasteiger partial charge in [-0.05, 0) is 30.5 Å². The molecule has 0 radical (unpaired) electrons. The molecular weight excluding hydrogens is 294 g/mol. The van der Waals surface area contributed by atoms with E-state index in [4.69, 9.17) is 10.9 Å². The lowest BCUT2D eigenvalue weighted by Gasteiger charge is -2.24. The van der Waals surface area contributed by atoms with Crippen molar-refractivity contribution in [1.82, 2.24) is 0 Å². The predicted octanol–water partition coefficient (Wildman–Crippen LogP) is 2.00. The van der Waals surface area contributed by atoms with Crippen LogP contribution in [0, 0.1) is 0 Å². The van der Waals surface area contributed by atoms with E-state index in [0.717, 1.165) is 6.54 Å². The fraction of sp³-hybridized carbons (Fsp3) is 0.231. The van der Waals surface area contributed by atoms with Crippen molar-refractivity contribution in [3.8, 4) is 0 Å². The number of nitrogens with two attached hydrogens (primary N) is 2. The summed E-state index contributed by atoms with van der Waals surface area (Å²) in [5.41, 5.74) is 6.87. The van der Waals surface area contributed by atoms with Crippen LogP contribution in [0.2, 0.25) is 0 Å². The van der Waals surface area contributed by atoms with Crippen molar-refractivity contribution < 1.29 is 8.42 Å². The lowest BCUT2D eigenvalue weighted by molar-refractivity contribution is 0.598. The number of anilines is 2. The van der Waals surface area contributed by atoms with Gasteiger partial charge in [0, 0.05) is 11.4 Å². The second-order valence-corrected chi connectivity index (χ2v) is 6.89. The quantitative estimate of drug-likeness (QED) is 0.827. The Morgan fingerprint density at radius 2 is 2.00 bits per heavy atom. The van der Waals surface area contributed by atoms with Crippen molar-refractivity contribution in [1.29, 1.82) is 0 Å². The van der Waals surface area contributed by atoms with Crippen LogP contribution in [0.3, 0.4) is 0 Å². The summed E-state index contributed by atoms with van der Waals surface area (Å²) in [6, 6.07) is 8.90. The van der Waals surface area contributed by atoms with E-state index in [-0.39, 0.29) is 10.6 Å². The van der Waals surface area contributed by atoms with Gasteiger partial charge >= 0.3 is 0 Å². The topological polar surface area (TPSA) is 89.4 Å². The Kier molecular flexibility index (Phi) is 4.32. The van der Waals surface area contributed by atoms with E-state index < -0.39 is 10.0 Å². The minimum absolute atomic E-state index is 0.0281. The SMILES string of the molecule is CCN(Cc1cccs1)c1cccc(S(N)(=O)=O)c1N. The Morgan fingerprint density at radius 3 is 2.55 bits per heavy atom. The molecule has 5 nitrogen and oxygen atoms in total. The highest BCUT2D eigenvalue weighted by atomic mass is 32.2. The van der Waals surface area contributed by atoms with Crippen LogP contribution in [0.4, 0.5) is 11.4 Å². The van der Waals surface area contributed by atoms with Crippen molar-refractivity contribution in [3.63, 3.8) is 0 Å². The number of primary sulfonamides is 1. The van der Waals surface area contributed by atoms with Crippen molar-refractivity contribution in [2.24, 2.45) is 5.14 Å². The minimum Gasteiger partial charge on any atom is -0.396 e. The van der Waals surface area contributed by atoms with Gasteiger partial charge in [0.05, 0.1) is 17.9 Å². The van der Waals surface area contributed by atoms with E-state index in [9.17, 15) is 8.42 Å². The second kappa shape index (κ2) is 5.82. The van der Waals surface area contributed by atoms with Crippen molar-refractivity contribution in [3.05, 3.63) is 40.6 Å². The predicted molar refractivity (Wildman–Crippen MR) is 83.3 cm³/mol. The molecule has 1 aromatic carbocycles. The molecule has 0 spiro atoms. The largest absolute Gasteiger partial charge is 0.396 e. The van der Waals surface area contributed by atoms with E-state index >= 15 is 0 Å². The molecule has 1 heterocycles. The summed E-state index contributed by atoms with van der Waals surface area (Å²) < 4.78 is 23.0. The molecule has 0 aliphatic heterocycles. The number of nitrogen functional groups attached to an aromatic ring is 1. The smallest absolute Gasteiger partial charge is 0.240 e. The second-order valence-electron chi connectivity index (χ2n) is 4.33. The number of hydrogen-bond acceptors (Lipinski definition) is 5. The van der Waals surface area contributed by atoms with Gasteiger partial charge in [0.25, 0.3) is 0 Å². The number of para-hydroxylation sites is 1. The zero-order chi connectivity index (χ0) is 14.8. The molecule has 108 valence electrons. The standard InChI is InChI=1S/C13H17N3O2S2/c1-2-16(9-10-5-4-8-19-10)11-6-3-7-12(13(11)14)20(15,17)18/h3-8H,2,9,14H2,1H3,(H2,15,17,18). The van der Waals surface area contributed by atoms with Gasteiger partial charge in [0.2, 0.25) is 10.0 Å². The molecular formula is C13H17N3O2S2. The summed E-state index contributed by atoms with van der Waals surface area (Å²) in [5.74, 6) is 0. The summed E-state index contributed by atoms with van der Waals surface area (Å²) in [6.07, 6.45) is 0. The molecule has 20 heavy (non-hydrogen) atoms. The first-order chi connectivity index (χ1) is 9.43. The number of rotatable bonds is 5. The van der Waals surface area contributed by atoms with Gasteiger partial charge in [0.1, 0.15) is 4.90 Å².